The van der Waals surface area contributed by atoms with Gasteiger partial charge in [-0.25, -0.2) is 0 Å². The average molecular weight is 267 g/mol. The van der Waals surface area contributed by atoms with Crippen LogP contribution in [0, 0.1) is 5.92 Å². The summed E-state index contributed by atoms with van der Waals surface area (Å²) in [6, 6.07) is 4.35. The van der Waals surface area contributed by atoms with E-state index in [9.17, 15) is 4.79 Å². The van der Waals surface area contributed by atoms with E-state index in [1.165, 1.54) is 12.0 Å². The molecule has 1 heterocycles. The molecule has 1 aromatic rings. The number of rotatable bonds is 7. The topological polar surface area (TPSA) is 38.3 Å². The summed E-state index contributed by atoms with van der Waals surface area (Å²) in [7, 11) is 1.47. The molecule has 0 amide bonds. The molecule has 1 aliphatic rings. The van der Waals surface area contributed by atoms with Crippen LogP contribution >= 0.6 is 11.3 Å². The van der Waals surface area contributed by atoms with Crippen molar-refractivity contribution in [2.24, 2.45) is 5.92 Å². The molecule has 1 fully saturated rings. The molecule has 2 atom stereocenters. The number of nitrogens with one attached hydrogen (secondary N) is 1. The Hall–Kier alpha value is -0.870. The van der Waals surface area contributed by atoms with Gasteiger partial charge in [0.05, 0.1) is 7.11 Å². The van der Waals surface area contributed by atoms with E-state index in [0.717, 1.165) is 25.7 Å². The molecule has 1 aromatic heterocycles. The van der Waals surface area contributed by atoms with Crippen LogP contribution in [-0.2, 0) is 9.53 Å². The van der Waals surface area contributed by atoms with Crippen LogP contribution in [0.2, 0.25) is 0 Å². The molecule has 0 spiro atoms. The fourth-order valence-electron chi connectivity index (χ4n) is 2.26. The van der Waals surface area contributed by atoms with Gasteiger partial charge in [0.2, 0.25) is 0 Å². The Kier molecular flexibility index (Phi) is 4.78. The normalized spacial score (nSPS) is 18.3. The van der Waals surface area contributed by atoms with E-state index in [1.807, 2.05) is 0 Å². The number of methoxy groups -OCH3 is 1. The average Bonchev–Trinajstić information content (AvgIpc) is 3.07. The van der Waals surface area contributed by atoms with Crippen molar-refractivity contribution in [3.05, 3.63) is 22.4 Å². The fraction of sp³-hybridized carbons (Fsp3) is 0.643. The van der Waals surface area contributed by atoms with Crippen molar-refractivity contribution in [3.63, 3.8) is 0 Å². The highest BCUT2D eigenvalue weighted by molar-refractivity contribution is 7.10. The van der Waals surface area contributed by atoms with E-state index in [2.05, 4.69) is 29.8 Å². The summed E-state index contributed by atoms with van der Waals surface area (Å²) in [6.45, 7) is 2.17. The Labute approximate surface area is 113 Å². The third kappa shape index (κ3) is 3.33. The first-order valence-electron chi connectivity index (χ1n) is 6.63. The second-order valence-electron chi connectivity index (χ2n) is 4.86. The van der Waals surface area contributed by atoms with Gasteiger partial charge in [0.1, 0.15) is 6.04 Å². The van der Waals surface area contributed by atoms with E-state index in [-0.39, 0.29) is 18.1 Å². The second-order valence-corrected chi connectivity index (χ2v) is 5.84. The number of thiophene rings is 1. The van der Waals surface area contributed by atoms with Gasteiger partial charge in [-0.05, 0) is 36.6 Å². The van der Waals surface area contributed by atoms with Gasteiger partial charge in [-0.3, -0.25) is 10.1 Å². The van der Waals surface area contributed by atoms with Crippen LogP contribution in [0.5, 0.6) is 0 Å². The quantitative estimate of drug-likeness (QED) is 0.771. The highest BCUT2D eigenvalue weighted by atomic mass is 32.1. The van der Waals surface area contributed by atoms with Crippen molar-refractivity contribution in [2.45, 2.75) is 44.7 Å². The molecule has 2 rings (SSSR count). The van der Waals surface area contributed by atoms with E-state index in [4.69, 9.17) is 4.74 Å². The number of ether oxygens (including phenoxy) is 1. The first kappa shape index (κ1) is 13.6. The minimum atomic E-state index is -0.131. The van der Waals surface area contributed by atoms with Crippen molar-refractivity contribution in [1.29, 1.82) is 0 Å². The predicted molar refractivity (Wildman–Crippen MR) is 73.6 cm³/mol. The molecular weight excluding hydrogens is 246 g/mol. The van der Waals surface area contributed by atoms with Gasteiger partial charge in [0, 0.05) is 10.9 Å². The highest BCUT2D eigenvalue weighted by Crippen LogP contribution is 2.35. The SMILES string of the molecule is CCCC(NC(C(=O)OC)C1CC1)c1cccs1. The van der Waals surface area contributed by atoms with E-state index < -0.39 is 0 Å². The van der Waals surface area contributed by atoms with Crippen LogP contribution in [0.15, 0.2) is 17.5 Å². The summed E-state index contributed by atoms with van der Waals surface area (Å²) in [5, 5.41) is 5.59. The lowest BCUT2D eigenvalue weighted by atomic mass is 10.1. The monoisotopic (exact) mass is 267 g/mol. The van der Waals surface area contributed by atoms with Crippen LogP contribution in [0.3, 0.4) is 0 Å². The Morgan fingerprint density at radius 2 is 2.39 bits per heavy atom. The zero-order valence-corrected chi connectivity index (χ0v) is 11.8. The van der Waals surface area contributed by atoms with Crippen LogP contribution < -0.4 is 5.32 Å². The summed E-state index contributed by atoms with van der Waals surface area (Å²) in [5.74, 6) is 0.354. The Morgan fingerprint density at radius 3 is 2.89 bits per heavy atom. The highest BCUT2D eigenvalue weighted by Gasteiger charge is 2.38. The van der Waals surface area contributed by atoms with Gasteiger partial charge in [-0.2, -0.15) is 0 Å². The number of hydrogen-bond donors (Lipinski definition) is 1. The Morgan fingerprint density at radius 1 is 1.61 bits per heavy atom. The van der Waals surface area contributed by atoms with Gasteiger partial charge in [-0.1, -0.05) is 19.4 Å². The first-order chi connectivity index (χ1) is 8.76. The van der Waals surface area contributed by atoms with Gasteiger partial charge in [-0.15, -0.1) is 11.3 Å². The lowest BCUT2D eigenvalue weighted by Gasteiger charge is -2.23. The van der Waals surface area contributed by atoms with Crippen LogP contribution in [0.25, 0.3) is 0 Å². The maximum Gasteiger partial charge on any atom is 0.323 e. The zero-order valence-electron chi connectivity index (χ0n) is 11.0. The summed E-state index contributed by atoms with van der Waals surface area (Å²) in [5.41, 5.74) is 0. The fourth-order valence-corrected chi connectivity index (χ4v) is 3.08. The van der Waals surface area contributed by atoms with Gasteiger partial charge in [0.15, 0.2) is 0 Å². The minimum absolute atomic E-state index is 0.116. The molecule has 1 N–H and O–H groups in total. The lowest BCUT2D eigenvalue weighted by molar-refractivity contribution is -0.144. The maximum absolute atomic E-state index is 11.8. The van der Waals surface area contributed by atoms with E-state index in [0.29, 0.717) is 5.92 Å². The largest absolute Gasteiger partial charge is 0.468 e. The number of esters is 1. The molecule has 100 valence electrons. The molecule has 2 unspecified atom stereocenters. The standard InChI is InChI=1S/C14H21NO2S/c1-3-5-11(12-6-4-9-18-12)15-13(10-7-8-10)14(16)17-2/h4,6,9-11,13,15H,3,5,7-8H2,1-2H3. The third-order valence-corrected chi connectivity index (χ3v) is 4.38. The lowest BCUT2D eigenvalue weighted by Crippen LogP contribution is -2.41. The molecule has 3 nitrogen and oxygen atoms in total. The molecule has 0 aromatic carbocycles. The smallest absolute Gasteiger partial charge is 0.323 e. The molecule has 0 saturated heterocycles. The summed E-state index contributed by atoms with van der Waals surface area (Å²) < 4.78 is 4.91. The number of carbonyl (C=O) groups excluding carboxylic acids is 1. The van der Waals surface area contributed by atoms with Crippen molar-refractivity contribution in [1.82, 2.24) is 5.32 Å². The minimum Gasteiger partial charge on any atom is -0.468 e. The number of hydrogen-bond acceptors (Lipinski definition) is 4. The zero-order chi connectivity index (χ0) is 13.0. The van der Waals surface area contributed by atoms with Crippen LogP contribution in [0.4, 0.5) is 0 Å². The first-order valence-corrected chi connectivity index (χ1v) is 7.51. The molecule has 0 radical (unpaired) electrons. The molecule has 4 heteroatoms. The van der Waals surface area contributed by atoms with Crippen LogP contribution in [0.1, 0.15) is 43.5 Å². The van der Waals surface area contributed by atoms with Crippen molar-refractivity contribution in [3.8, 4) is 0 Å². The van der Waals surface area contributed by atoms with Crippen molar-refractivity contribution in [2.75, 3.05) is 7.11 Å². The Balaban J connectivity index is 2.04. The van der Waals surface area contributed by atoms with Gasteiger partial charge in [0.25, 0.3) is 0 Å². The van der Waals surface area contributed by atoms with Gasteiger partial charge < -0.3 is 4.74 Å². The van der Waals surface area contributed by atoms with Gasteiger partial charge >= 0.3 is 5.97 Å². The molecule has 0 bridgehead atoms. The van der Waals surface area contributed by atoms with Crippen molar-refractivity contribution >= 4 is 17.3 Å². The number of carbonyl (C=O) groups is 1. The summed E-state index contributed by atoms with van der Waals surface area (Å²) in [4.78, 5) is 13.1. The molecule has 1 saturated carbocycles. The third-order valence-electron chi connectivity index (χ3n) is 3.39. The predicted octanol–water partition coefficient (Wildman–Crippen LogP) is 3.13. The molecular formula is C14H21NO2S. The van der Waals surface area contributed by atoms with E-state index >= 15 is 0 Å². The molecule has 18 heavy (non-hydrogen) atoms. The van der Waals surface area contributed by atoms with Crippen molar-refractivity contribution < 1.29 is 9.53 Å². The van der Waals surface area contributed by atoms with E-state index in [1.54, 1.807) is 11.3 Å². The second kappa shape index (κ2) is 6.34. The molecule has 1 aliphatic carbocycles. The molecule has 0 aliphatic heterocycles. The summed E-state index contributed by atoms with van der Waals surface area (Å²) in [6.07, 6.45) is 4.43. The maximum atomic E-state index is 11.8. The van der Waals surface area contributed by atoms with Crippen LogP contribution in [-0.4, -0.2) is 19.1 Å². The Bertz CT molecular complexity index is 373. The summed E-state index contributed by atoms with van der Waals surface area (Å²) >= 11 is 1.75.